The highest BCUT2D eigenvalue weighted by molar-refractivity contribution is 5.63. The third-order valence-corrected chi connectivity index (χ3v) is 4.05. The molecule has 0 radical (unpaired) electrons. The molecule has 3 rings (SSSR count). The number of aryl methyl sites for hydroxylation is 1. The van der Waals surface area contributed by atoms with Gasteiger partial charge in [-0.2, -0.15) is 0 Å². The van der Waals surface area contributed by atoms with Crippen LogP contribution in [0.3, 0.4) is 0 Å². The fourth-order valence-corrected chi connectivity index (χ4v) is 3.34. The second kappa shape index (κ2) is 3.77. The van der Waals surface area contributed by atoms with Crippen molar-refractivity contribution in [3.05, 3.63) is 28.3 Å². The minimum Gasteiger partial charge on any atom is -0.398 e. The topological polar surface area (TPSA) is 35.2 Å². The predicted octanol–water partition coefficient (Wildman–Crippen LogP) is 2.12. The van der Waals surface area contributed by atoms with E-state index in [1.165, 1.54) is 41.5 Å². The molecule has 1 atom stereocenters. The molecule has 1 aromatic rings. The van der Waals surface area contributed by atoms with Crippen LogP contribution in [0.2, 0.25) is 0 Å². The molecule has 1 unspecified atom stereocenters. The van der Waals surface area contributed by atoms with Crippen LogP contribution in [0.25, 0.3) is 0 Å². The SMILES string of the molecule is COCC1Cc2cc3c(c(N)c2C1)CCC3. The van der Waals surface area contributed by atoms with Crippen molar-refractivity contribution in [1.29, 1.82) is 0 Å². The number of fused-ring (bicyclic) bond motifs is 2. The van der Waals surface area contributed by atoms with Gasteiger partial charge in [0.25, 0.3) is 0 Å². The van der Waals surface area contributed by atoms with Crippen LogP contribution in [0.5, 0.6) is 0 Å². The lowest BCUT2D eigenvalue weighted by atomic mass is 9.99. The minimum absolute atomic E-state index is 0.643. The number of hydrogen-bond acceptors (Lipinski definition) is 2. The lowest BCUT2D eigenvalue weighted by Crippen LogP contribution is -2.07. The molecule has 86 valence electrons. The quantitative estimate of drug-likeness (QED) is 0.770. The molecule has 1 aromatic carbocycles. The van der Waals surface area contributed by atoms with Crippen molar-refractivity contribution >= 4 is 5.69 Å². The van der Waals surface area contributed by atoms with E-state index < -0.39 is 0 Å². The number of nitrogens with two attached hydrogens (primary N) is 1. The van der Waals surface area contributed by atoms with Gasteiger partial charge in [-0.25, -0.2) is 0 Å². The molecule has 2 heteroatoms. The van der Waals surface area contributed by atoms with E-state index in [0.29, 0.717) is 5.92 Å². The summed E-state index contributed by atoms with van der Waals surface area (Å²) in [5.74, 6) is 0.643. The number of anilines is 1. The standard InChI is InChI=1S/C14H19NO/c1-16-8-9-5-11-7-10-3-2-4-12(10)14(15)13(11)6-9/h7,9H,2-6,8,15H2,1H3. The molecule has 0 spiro atoms. The van der Waals surface area contributed by atoms with Crippen molar-refractivity contribution in [3.63, 3.8) is 0 Å². The average molecular weight is 217 g/mol. The fourth-order valence-electron chi connectivity index (χ4n) is 3.34. The third kappa shape index (κ3) is 1.44. The number of ether oxygens (including phenoxy) is 1. The summed E-state index contributed by atoms with van der Waals surface area (Å²) < 4.78 is 5.26. The zero-order chi connectivity index (χ0) is 11.1. The first-order chi connectivity index (χ1) is 7.79. The van der Waals surface area contributed by atoms with Gasteiger partial charge in [-0.1, -0.05) is 6.07 Å². The van der Waals surface area contributed by atoms with E-state index >= 15 is 0 Å². The van der Waals surface area contributed by atoms with Crippen molar-refractivity contribution < 1.29 is 4.74 Å². The summed E-state index contributed by atoms with van der Waals surface area (Å²) in [6.45, 7) is 0.860. The van der Waals surface area contributed by atoms with Gasteiger partial charge in [0.2, 0.25) is 0 Å². The molecule has 0 aliphatic heterocycles. The van der Waals surface area contributed by atoms with Gasteiger partial charge in [0.05, 0.1) is 0 Å². The summed E-state index contributed by atoms with van der Waals surface area (Å²) in [7, 11) is 1.78. The molecule has 0 saturated carbocycles. The van der Waals surface area contributed by atoms with Gasteiger partial charge < -0.3 is 10.5 Å². The van der Waals surface area contributed by atoms with E-state index in [9.17, 15) is 0 Å². The number of rotatable bonds is 2. The van der Waals surface area contributed by atoms with Gasteiger partial charge in [0.15, 0.2) is 0 Å². The first-order valence-electron chi connectivity index (χ1n) is 6.20. The van der Waals surface area contributed by atoms with Crippen molar-refractivity contribution in [2.24, 2.45) is 5.92 Å². The van der Waals surface area contributed by atoms with E-state index in [0.717, 1.165) is 25.1 Å². The lowest BCUT2D eigenvalue weighted by Gasteiger charge is -2.10. The fraction of sp³-hybridized carbons (Fsp3) is 0.571. The van der Waals surface area contributed by atoms with Gasteiger partial charge >= 0.3 is 0 Å². The lowest BCUT2D eigenvalue weighted by molar-refractivity contribution is 0.156. The molecule has 0 heterocycles. The van der Waals surface area contributed by atoms with Crippen LogP contribution in [0.1, 0.15) is 28.7 Å². The second-order valence-electron chi connectivity index (χ2n) is 5.15. The van der Waals surface area contributed by atoms with Gasteiger partial charge in [-0.15, -0.1) is 0 Å². The van der Waals surface area contributed by atoms with Crippen molar-refractivity contribution in [1.82, 2.24) is 0 Å². The Morgan fingerprint density at radius 1 is 1.25 bits per heavy atom. The third-order valence-electron chi connectivity index (χ3n) is 4.05. The molecular weight excluding hydrogens is 198 g/mol. The number of methoxy groups -OCH3 is 1. The Kier molecular flexibility index (Phi) is 2.40. The van der Waals surface area contributed by atoms with E-state index in [4.69, 9.17) is 10.5 Å². The Bertz CT molecular complexity index is 425. The zero-order valence-corrected chi connectivity index (χ0v) is 9.88. The summed E-state index contributed by atoms with van der Waals surface area (Å²) in [6.07, 6.45) is 5.96. The number of hydrogen-bond donors (Lipinski definition) is 1. The molecule has 16 heavy (non-hydrogen) atoms. The normalized spacial score (nSPS) is 22.2. The minimum atomic E-state index is 0.643. The largest absolute Gasteiger partial charge is 0.398 e. The Labute approximate surface area is 96.8 Å². The van der Waals surface area contributed by atoms with E-state index in [2.05, 4.69) is 6.07 Å². The maximum absolute atomic E-state index is 6.30. The highest BCUT2D eigenvalue weighted by Crippen LogP contribution is 2.38. The zero-order valence-electron chi connectivity index (χ0n) is 9.88. The molecule has 2 aliphatic rings. The number of nitrogen functional groups attached to an aromatic ring is 1. The molecular formula is C14H19NO. The highest BCUT2D eigenvalue weighted by Gasteiger charge is 2.27. The van der Waals surface area contributed by atoms with E-state index in [1.54, 1.807) is 7.11 Å². The van der Waals surface area contributed by atoms with Gasteiger partial charge in [0, 0.05) is 19.4 Å². The average Bonchev–Trinajstić information content (AvgIpc) is 2.85. The van der Waals surface area contributed by atoms with Crippen LogP contribution >= 0.6 is 0 Å². The maximum Gasteiger partial charge on any atom is 0.0496 e. The van der Waals surface area contributed by atoms with Crippen molar-refractivity contribution in [3.8, 4) is 0 Å². The van der Waals surface area contributed by atoms with E-state index in [1.807, 2.05) is 0 Å². The van der Waals surface area contributed by atoms with Crippen LogP contribution < -0.4 is 5.73 Å². The molecule has 0 fully saturated rings. The predicted molar refractivity (Wildman–Crippen MR) is 65.7 cm³/mol. The summed E-state index contributed by atoms with van der Waals surface area (Å²) >= 11 is 0. The van der Waals surface area contributed by atoms with Crippen molar-refractivity contribution in [2.75, 3.05) is 19.5 Å². The van der Waals surface area contributed by atoms with E-state index in [-0.39, 0.29) is 0 Å². The smallest absolute Gasteiger partial charge is 0.0496 e. The molecule has 2 N–H and O–H groups in total. The van der Waals surface area contributed by atoms with Gasteiger partial charge in [0.1, 0.15) is 0 Å². The monoisotopic (exact) mass is 217 g/mol. The summed E-state index contributed by atoms with van der Waals surface area (Å²) in [5.41, 5.74) is 13.3. The maximum atomic E-state index is 6.30. The highest BCUT2D eigenvalue weighted by atomic mass is 16.5. The Hall–Kier alpha value is -1.02. The summed E-state index contributed by atoms with van der Waals surface area (Å²) in [6, 6.07) is 2.41. The van der Waals surface area contributed by atoms with Gasteiger partial charge in [-0.05, 0) is 60.3 Å². The Morgan fingerprint density at radius 3 is 2.94 bits per heavy atom. The number of benzene rings is 1. The molecule has 0 saturated heterocycles. The van der Waals surface area contributed by atoms with Gasteiger partial charge in [-0.3, -0.25) is 0 Å². The van der Waals surface area contributed by atoms with Crippen LogP contribution in [0.15, 0.2) is 6.07 Å². The molecule has 0 bridgehead atoms. The van der Waals surface area contributed by atoms with Crippen LogP contribution in [0, 0.1) is 5.92 Å². The van der Waals surface area contributed by atoms with Crippen LogP contribution in [-0.2, 0) is 30.4 Å². The van der Waals surface area contributed by atoms with Crippen molar-refractivity contribution in [2.45, 2.75) is 32.1 Å². The van der Waals surface area contributed by atoms with Crippen LogP contribution in [-0.4, -0.2) is 13.7 Å². The first kappa shape index (κ1) is 10.2. The summed E-state index contributed by atoms with van der Waals surface area (Å²) in [4.78, 5) is 0. The molecule has 0 aromatic heterocycles. The summed E-state index contributed by atoms with van der Waals surface area (Å²) in [5, 5.41) is 0. The first-order valence-corrected chi connectivity index (χ1v) is 6.20. The van der Waals surface area contributed by atoms with Crippen LogP contribution in [0.4, 0.5) is 5.69 Å². The Balaban J connectivity index is 1.97. The second-order valence-corrected chi connectivity index (χ2v) is 5.15. The molecule has 0 amide bonds. The Morgan fingerprint density at radius 2 is 2.12 bits per heavy atom. The molecule has 2 aliphatic carbocycles. The molecule has 2 nitrogen and oxygen atoms in total.